The quantitative estimate of drug-likeness (QED) is 0.856. The van der Waals surface area contributed by atoms with E-state index < -0.39 is 16.7 Å². The van der Waals surface area contributed by atoms with Gasteiger partial charge in [0.15, 0.2) is 0 Å². The molecule has 7 heteroatoms. The second-order valence-corrected chi connectivity index (χ2v) is 8.56. The zero-order chi connectivity index (χ0) is 19.0. The predicted molar refractivity (Wildman–Crippen MR) is 94.7 cm³/mol. The summed E-state index contributed by atoms with van der Waals surface area (Å²) in [7, 11) is 1.56. The third-order valence-electron chi connectivity index (χ3n) is 5.08. The number of likely N-dealkylation sites (tertiary alicyclic amines) is 1. The number of methoxy groups -OCH3 is 1. The Labute approximate surface area is 148 Å². The standard InChI is InChI=1S/C18H29N3O4/c1-16(2,3)13-9-12(19-15(23)20-13)14(22)21-8-7-18(24,11-25-6)17(4,5)10-21/h9,24H,7-8,10-11H2,1-6H3,(H,19,20,23)/t18-/m1/s1. The molecule has 0 aromatic carbocycles. The maximum Gasteiger partial charge on any atom is 0.345 e. The number of amides is 1. The number of H-pyrrole nitrogens is 1. The van der Waals surface area contributed by atoms with Gasteiger partial charge < -0.3 is 19.7 Å². The molecule has 25 heavy (non-hydrogen) atoms. The van der Waals surface area contributed by atoms with Crippen molar-refractivity contribution in [1.29, 1.82) is 0 Å². The summed E-state index contributed by atoms with van der Waals surface area (Å²) in [5, 5.41) is 10.8. The van der Waals surface area contributed by atoms with Crippen LogP contribution in [0, 0.1) is 5.41 Å². The second-order valence-electron chi connectivity index (χ2n) is 8.56. The van der Waals surface area contributed by atoms with Gasteiger partial charge in [0, 0.05) is 36.7 Å². The fourth-order valence-corrected chi connectivity index (χ4v) is 3.17. The summed E-state index contributed by atoms with van der Waals surface area (Å²) in [6, 6.07) is 1.65. The van der Waals surface area contributed by atoms with Gasteiger partial charge in [-0.2, -0.15) is 4.98 Å². The van der Waals surface area contributed by atoms with E-state index in [4.69, 9.17) is 4.74 Å². The monoisotopic (exact) mass is 351 g/mol. The third-order valence-corrected chi connectivity index (χ3v) is 5.08. The normalized spacial score (nSPS) is 23.6. The van der Waals surface area contributed by atoms with Crippen molar-refractivity contribution in [1.82, 2.24) is 14.9 Å². The number of hydrogen-bond donors (Lipinski definition) is 2. The molecule has 1 aliphatic rings. The Morgan fingerprint density at radius 1 is 1.44 bits per heavy atom. The first-order valence-electron chi connectivity index (χ1n) is 8.52. The number of aromatic nitrogens is 2. The highest BCUT2D eigenvalue weighted by atomic mass is 16.5. The van der Waals surface area contributed by atoms with E-state index in [0.29, 0.717) is 25.2 Å². The highest BCUT2D eigenvalue weighted by Gasteiger charge is 2.48. The molecule has 1 amide bonds. The minimum Gasteiger partial charge on any atom is -0.387 e. The largest absolute Gasteiger partial charge is 0.387 e. The summed E-state index contributed by atoms with van der Waals surface area (Å²) < 4.78 is 5.16. The molecule has 0 radical (unpaired) electrons. The lowest BCUT2D eigenvalue weighted by Gasteiger charge is -2.49. The molecule has 7 nitrogen and oxygen atoms in total. The van der Waals surface area contributed by atoms with E-state index in [1.54, 1.807) is 18.1 Å². The highest BCUT2D eigenvalue weighted by Crippen LogP contribution is 2.39. The van der Waals surface area contributed by atoms with Gasteiger partial charge in [-0.15, -0.1) is 0 Å². The topological polar surface area (TPSA) is 95.5 Å². The molecule has 2 heterocycles. The van der Waals surface area contributed by atoms with Crippen molar-refractivity contribution < 1.29 is 14.6 Å². The molecule has 140 valence electrons. The van der Waals surface area contributed by atoms with Crippen LogP contribution in [0.3, 0.4) is 0 Å². The Bertz CT molecular complexity index is 705. The molecule has 1 aromatic rings. The van der Waals surface area contributed by atoms with E-state index >= 15 is 0 Å². The summed E-state index contributed by atoms with van der Waals surface area (Å²) in [4.78, 5) is 33.0. The number of carbonyl (C=O) groups is 1. The Kier molecular flexibility index (Phi) is 5.12. The first-order chi connectivity index (χ1) is 11.4. The molecule has 1 saturated heterocycles. The number of aliphatic hydroxyl groups is 1. The van der Waals surface area contributed by atoms with E-state index in [0.717, 1.165) is 0 Å². The van der Waals surface area contributed by atoms with Crippen molar-refractivity contribution in [2.75, 3.05) is 26.8 Å². The van der Waals surface area contributed by atoms with Crippen LogP contribution in [0.2, 0.25) is 0 Å². The molecular weight excluding hydrogens is 322 g/mol. The minimum absolute atomic E-state index is 0.140. The fraction of sp³-hybridized carbons (Fsp3) is 0.722. The van der Waals surface area contributed by atoms with Crippen molar-refractivity contribution >= 4 is 5.91 Å². The Hall–Kier alpha value is -1.73. The smallest absolute Gasteiger partial charge is 0.345 e. The number of nitrogens with one attached hydrogen (secondary N) is 1. The first kappa shape index (κ1) is 19.6. The van der Waals surface area contributed by atoms with Crippen LogP contribution in [0.25, 0.3) is 0 Å². The number of hydrogen-bond acceptors (Lipinski definition) is 5. The Balaban J connectivity index is 2.28. The predicted octanol–water partition coefficient (Wildman–Crippen LogP) is 1.32. The highest BCUT2D eigenvalue weighted by molar-refractivity contribution is 5.92. The van der Waals surface area contributed by atoms with Crippen LogP contribution in [0.15, 0.2) is 10.9 Å². The van der Waals surface area contributed by atoms with E-state index in [9.17, 15) is 14.7 Å². The zero-order valence-electron chi connectivity index (χ0n) is 16.0. The molecule has 0 unspecified atom stereocenters. The summed E-state index contributed by atoms with van der Waals surface area (Å²) >= 11 is 0. The van der Waals surface area contributed by atoms with Gasteiger partial charge in [0.2, 0.25) is 0 Å². The molecule has 1 aliphatic heterocycles. The van der Waals surface area contributed by atoms with Crippen LogP contribution in [0.1, 0.15) is 57.2 Å². The molecule has 2 rings (SSSR count). The number of rotatable bonds is 3. The number of carbonyl (C=O) groups excluding carboxylic acids is 1. The van der Waals surface area contributed by atoms with E-state index in [1.165, 1.54) is 0 Å². The maximum atomic E-state index is 12.9. The van der Waals surface area contributed by atoms with Gasteiger partial charge in [-0.1, -0.05) is 34.6 Å². The van der Waals surface area contributed by atoms with Crippen molar-refractivity contribution in [3.8, 4) is 0 Å². The van der Waals surface area contributed by atoms with Gasteiger partial charge in [-0.05, 0) is 12.5 Å². The Morgan fingerprint density at radius 3 is 2.60 bits per heavy atom. The SMILES string of the molecule is COC[C@]1(O)CCN(C(=O)c2cc(C(C)(C)C)[nH]c(=O)n2)CC1(C)C. The molecule has 1 aromatic heterocycles. The van der Waals surface area contributed by atoms with Crippen molar-refractivity contribution in [3.05, 3.63) is 27.9 Å². The van der Waals surface area contributed by atoms with E-state index in [-0.39, 0.29) is 23.6 Å². The molecule has 1 atom stereocenters. The molecule has 2 N–H and O–H groups in total. The molecule has 0 aliphatic carbocycles. The second kappa shape index (κ2) is 6.53. The summed E-state index contributed by atoms with van der Waals surface area (Å²) in [5.74, 6) is -0.288. The van der Waals surface area contributed by atoms with Crippen molar-refractivity contribution in [2.24, 2.45) is 5.41 Å². The van der Waals surface area contributed by atoms with Crippen LogP contribution in [0.4, 0.5) is 0 Å². The number of aromatic amines is 1. The third kappa shape index (κ3) is 3.93. The van der Waals surface area contributed by atoms with Gasteiger partial charge in [0.1, 0.15) is 5.69 Å². The average Bonchev–Trinajstić information content (AvgIpc) is 2.48. The average molecular weight is 351 g/mol. The molecular formula is C18H29N3O4. The minimum atomic E-state index is -0.989. The van der Waals surface area contributed by atoms with Crippen LogP contribution in [-0.4, -0.2) is 58.3 Å². The van der Waals surface area contributed by atoms with Crippen molar-refractivity contribution in [3.63, 3.8) is 0 Å². The van der Waals surface area contributed by atoms with Gasteiger partial charge in [-0.3, -0.25) is 4.79 Å². The van der Waals surface area contributed by atoms with Crippen molar-refractivity contribution in [2.45, 2.75) is 52.1 Å². The zero-order valence-corrected chi connectivity index (χ0v) is 16.0. The van der Waals surface area contributed by atoms with Crippen LogP contribution in [-0.2, 0) is 10.2 Å². The number of nitrogens with zero attached hydrogens (tertiary/aromatic N) is 2. The van der Waals surface area contributed by atoms with E-state index in [1.807, 2.05) is 34.6 Å². The summed E-state index contributed by atoms with van der Waals surface area (Å²) in [6.45, 7) is 10.7. The Morgan fingerprint density at radius 2 is 2.08 bits per heavy atom. The number of ether oxygens (including phenoxy) is 1. The molecule has 0 saturated carbocycles. The molecule has 0 bridgehead atoms. The summed E-state index contributed by atoms with van der Waals surface area (Å²) in [5.41, 5.74) is -1.54. The summed E-state index contributed by atoms with van der Waals surface area (Å²) in [6.07, 6.45) is 0.412. The van der Waals surface area contributed by atoms with Crippen LogP contribution >= 0.6 is 0 Å². The van der Waals surface area contributed by atoms with Gasteiger partial charge >= 0.3 is 5.69 Å². The lowest BCUT2D eigenvalue weighted by atomic mass is 9.70. The molecule has 0 spiro atoms. The lowest BCUT2D eigenvalue weighted by molar-refractivity contribution is -0.144. The first-order valence-corrected chi connectivity index (χ1v) is 8.52. The lowest BCUT2D eigenvalue weighted by Crippen LogP contribution is -2.60. The van der Waals surface area contributed by atoms with Crippen LogP contribution in [0.5, 0.6) is 0 Å². The van der Waals surface area contributed by atoms with E-state index in [2.05, 4.69) is 9.97 Å². The molecule has 1 fully saturated rings. The van der Waals surface area contributed by atoms with Gasteiger partial charge in [0.25, 0.3) is 5.91 Å². The van der Waals surface area contributed by atoms with Gasteiger partial charge in [0.05, 0.1) is 12.2 Å². The fourth-order valence-electron chi connectivity index (χ4n) is 3.17. The van der Waals surface area contributed by atoms with Gasteiger partial charge in [-0.25, -0.2) is 4.79 Å². The maximum absolute atomic E-state index is 12.9. The van der Waals surface area contributed by atoms with Crippen LogP contribution < -0.4 is 5.69 Å². The number of piperidine rings is 1.